The number of aromatic hydroxyl groups is 1. The van der Waals surface area contributed by atoms with Gasteiger partial charge in [-0.3, -0.25) is 0 Å². The number of phenols is 1. The molecule has 2 nitrogen and oxygen atoms in total. The van der Waals surface area contributed by atoms with E-state index >= 15 is 0 Å². The lowest BCUT2D eigenvalue weighted by Gasteiger charge is -1.96. The highest BCUT2D eigenvalue weighted by Gasteiger charge is 1.91. The topological polar surface area (TPSA) is 37.3 Å². The summed E-state index contributed by atoms with van der Waals surface area (Å²) in [7, 11) is 0. The quantitative estimate of drug-likeness (QED) is 0.663. The molecule has 2 heteroatoms. The zero-order chi connectivity index (χ0) is 8.10. The Morgan fingerprint density at radius 2 is 1.91 bits per heavy atom. The Morgan fingerprint density at radius 1 is 1.27 bits per heavy atom. The molecule has 0 spiro atoms. The largest absolute Gasteiger partial charge is 0.508 e. The molecule has 1 aromatic carbocycles. The van der Waals surface area contributed by atoms with E-state index in [1.807, 2.05) is 12.1 Å². The van der Waals surface area contributed by atoms with Crippen LogP contribution in [0.4, 0.5) is 0 Å². The molecule has 0 radical (unpaired) electrons. The second-order valence-corrected chi connectivity index (χ2v) is 2.37. The number of carbonyl (C=O) groups excluding carboxylic acids is 1. The number of aryl methyl sites for hydroxylation is 1. The van der Waals surface area contributed by atoms with E-state index in [0.29, 0.717) is 6.42 Å². The number of phenolic OH excluding ortho intramolecular Hbond substituents is 1. The van der Waals surface area contributed by atoms with Crippen LogP contribution in [0.1, 0.15) is 12.0 Å². The molecule has 0 aromatic heterocycles. The van der Waals surface area contributed by atoms with Crippen molar-refractivity contribution in [1.29, 1.82) is 0 Å². The number of hydrogen-bond donors (Lipinski definition) is 1. The fraction of sp³-hybridized carbons (Fsp3) is 0.222. The van der Waals surface area contributed by atoms with Crippen molar-refractivity contribution in [1.82, 2.24) is 0 Å². The van der Waals surface area contributed by atoms with Gasteiger partial charge in [0, 0.05) is 6.42 Å². The average Bonchev–Trinajstić information content (AvgIpc) is 2.04. The summed E-state index contributed by atoms with van der Waals surface area (Å²) in [6.07, 6.45) is 2.20. The van der Waals surface area contributed by atoms with Crippen LogP contribution in [-0.4, -0.2) is 11.4 Å². The molecular weight excluding hydrogens is 140 g/mol. The lowest BCUT2D eigenvalue weighted by Crippen LogP contribution is -1.84. The molecule has 0 aliphatic carbocycles. The van der Waals surface area contributed by atoms with Gasteiger partial charge in [-0.15, -0.1) is 0 Å². The third-order valence-corrected chi connectivity index (χ3v) is 1.49. The highest BCUT2D eigenvalue weighted by atomic mass is 16.3. The van der Waals surface area contributed by atoms with Gasteiger partial charge >= 0.3 is 0 Å². The van der Waals surface area contributed by atoms with Gasteiger partial charge in [-0.05, 0) is 24.1 Å². The van der Waals surface area contributed by atoms with Crippen molar-refractivity contribution < 1.29 is 9.90 Å². The van der Waals surface area contributed by atoms with Crippen molar-refractivity contribution in [2.75, 3.05) is 0 Å². The van der Waals surface area contributed by atoms with Gasteiger partial charge in [-0.2, -0.15) is 0 Å². The van der Waals surface area contributed by atoms with Crippen molar-refractivity contribution in [3.63, 3.8) is 0 Å². The monoisotopic (exact) mass is 150 g/mol. The Bertz CT molecular complexity index is 226. The number of benzene rings is 1. The minimum Gasteiger partial charge on any atom is -0.508 e. The summed E-state index contributed by atoms with van der Waals surface area (Å²) in [6.45, 7) is 0. The summed E-state index contributed by atoms with van der Waals surface area (Å²) in [4.78, 5) is 10.00. The lowest BCUT2D eigenvalue weighted by atomic mass is 10.1. The molecule has 0 saturated carbocycles. The first kappa shape index (κ1) is 7.79. The van der Waals surface area contributed by atoms with Crippen LogP contribution < -0.4 is 0 Å². The Kier molecular flexibility index (Phi) is 2.66. The van der Waals surface area contributed by atoms with Crippen LogP contribution in [0.2, 0.25) is 0 Å². The molecule has 0 unspecified atom stereocenters. The number of rotatable bonds is 3. The molecule has 0 aliphatic rings. The number of aldehydes is 1. The maximum Gasteiger partial charge on any atom is 0.120 e. The SMILES string of the molecule is O=CCCc1ccc(O)cc1. The van der Waals surface area contributed by atoms with Crippen LogP contribution in [0.5, 0.6) is 5.75 Å². The zero-order valence-corrected chi connectivity index (χ0v) is 6.16. The molecule has 0 aliphatic heterocycles. The van der Waals surface area contributed by atoms with E-state index in [2.05, 4.69) is 0 Å². The number of carbonyl (C=O) groups is 1. The predicted molar refractivity (Wildman–Crippen MR) is 42.5 cm³/mol. The molecule has 1 rings (SSSR count). The maximum absolute atomic E-state index is 10.00. The predicted octanol–water partition coefficient (Wildman–Crippen LogP) is 1.52. The number of hydrogen-bond acceptors (Lipinski definition) is 2. The van der Waals surface area contributed by atoms with Gasteiger partial charge in [0.2, 0.25) is 0 Å². The van der Waals surface area contributed by atoms with Crippen molar-refractivity contribution in [3.05, 3.63) is 29.8 Å². The summed E-state index contributed by atoms with van der Waals surface area (Å²) in [5.41, 5.74) is 1.08. The summed E-state index contributed by atoms with van der Waals surface area (Å²) in [5.74, 6) is 0.264. The fourth-order valence-corrected chi connectivity index (χ4v) is 0.888. The molecule has 0 fully saturated rings. The minimum atomic E-state index is 0.264. The Balaban J connectivity index is 2.58. The Labute approximate surface area is 65.5 Å². The minimum absolute atomic E-state index is 0.264. The van der Waals surface area contributed by atoms with E-state index in [1.165, 1.54) is 0 Å². The van der Waals surface area contributed by atoms with Crippen LogP contribution in [0, 0.1) is 0 Å². The second-order valence-electron chi connectivity index (χ2n) is 2.37. The Morgan fingerprint density at radius 3 is 2.45 bits per heavy atom. The van der Waals surface area contributed by atoms with Crippen molar-refractivity contribution in [2.24, 2.45) is 0 Å². The third-order valence-electron chi connectivity index (χ3n) is 1.49. The van der Waals surface area contributed by atoms with Crippen LogP contribution in [0.15, 0.2) is 24.3 Å². The second kappa shape index (κ2) is 3.76. The van der Waals surface area contributed by atoms with Gasteiger partial charge in [0.25, 0.3) is 0 Å². The summed E-state index contributed by atoms with van der Waals surface area (Å²) in [6, 6.07) is 6.89. The van der Waals surface area contributed by atoms with Gasteiger partial charge in [0.15, 0.2) is 0 Å². The van der Waals surface area contributed by atoms with Gasteiger partial charge < -0.3 is 9.90 Å². The standard InChI is InChI=1S/C9H10O2/c10-7-1-2-8-3-5-9(11)6-4-8/h3-7,11H,1-2H2. The first-order chi connectivity index (χ1) is 5.33. The van der Waals surface area contributed by atoms with Crippen LogP contribution in [0.25, 0.3) is 0 Å². The molecule has 0 atom stereocenters. The van der Waals surface area contributed by atoms with E-state index in [1.54, 1.807) is 12.1 Å². The van der Waals surface area contributed by atoms with Gasteiger partial charge in [0.1, 0.15) is 12.0 Å². The molecule has 0 saturated heterocycles. The average molecular weight is 150 g/mol. The van der Waals surface area contributed by atoms with Gasteiger partial charge in [-0.1, -0.05) is 12.1 Å². The molecule has 11 heavy (non-hydrogen) atoms. The van der Waals surface area contributed by atoms with Crippen LogP contribution in [-0.2, 0) is 11.2 Å². The highest BCUT2D eigenvalue weighted by molar-refractivity contribution is 5.50. The normalized spacial score (nSPS) is 9.45. The van der Waals surface area contributed by atoms with Gasteiger partial charge in [-0.25, -0.2) is 0 Å². The molecule has 1 N–H and O–H groups in total. The van der Waals surface area contributed by atoms with E-state index in [4.69, 9.17) is 5.11 Å². The molecule has 58 valence electrons. The summed E-state index contributed by atoms with van der Waals surface area (Å²) in [5, 5.41) is 8.91. The molecule has 0 bridgehead atoms. The molecule has 0 amide bonds. The third kappa shape index (κ3) is 2.42. The van der Waals surface area contributed by atoms with Crippen LogP contribution >= 0.6 is 0 Å². The molecule has 0 heterocycles. The van der Waals surface area contributed by atoms with Crippen molar-refractivity contribution in [2.45, 2.75) is 12.8 Å². The van der Waals surface area contributed by atoms with E-state index in [9.17, 15) is 4.79 Å². The van der Waals surface area contributed by atoms with E-state index < -0.39 is 0 Å². The highest BCUT2D eigenvalue weighted by Crippen LogP contribution is 2.10. The van der Waals surface area contributed by atoms with E-state index in [-0.39, 0.29) is 5.75 Å². The maximum atomic E-state index is 10.00. The van der Waals surface area contributed by atoms with Crippen molar-refractivity contribution in [3.8, 4) is 5.75 Å². The first-order valence-electron chi connectivity index (χ1n) is 3.54. The zero-order valence-electron chi connectivity index (χ0n) is 6.16. The van der Waals surface area contributed by atoms with Crippen molar-refractivity contribution >= 4 is 6.29 Å². The van der Waals surface area contributed by atoms with E-state index in [0.717, 1.165) is 18.3 Å². The van der Waals surface area contributed by atoms with Gasteiger partial charge in [0.05, 0.1) is 0 Å². The lowest BCUT2D eigenvalue weighted by molar-refractivity contribution is -0.107. The smallest absolute Gasteiger partial charge is 0.120 e. The summed E-state index contributed by atoms with van der Waals surface area (Å²) < 4.78 is 0. The van der Waals surface area contributed by atoms with Crippen LogP contribution in [0.3, 0.4) is 0 Å². The Hall–Kier alpha value is -1.31. The molecule has 1 aromatic rings. The first-order valence-corrected chi connectivity index (χ1v) is 3.54. The summed E-state index contributed by atoms with van der Waals surface area (Å²) >= 11 is 0. The molecular formula is C9H10O2. The fourth-order valence-electron chi connectivity index (χ4n) is 0.888.